The normalized spacial score (nSPS) is 21.0. The number of hydrogen-bond donors (Lipinski definition) is 0. The van der Waals surface area contributed by atoms with Crippen molar-refractivity contribution in [1.29, 1.82) is 0 Å². The highest BCUT2D eigenvalue weighted by Gasteiger charge is 2.40. The maximum Gasteiger partial charge on any atom is 0.289 e. The number of nitrogens with zero attached hydrogens (tertiary/aromatic N) is 2. The van der Waals surface area contributed by atoms with Crippen molar-refractivity contribution in [2.24, 2.45) is 0 Å². The number of carbonyl (C=O) groups is 3. The fourth-order valence-corrected chi connectivity index (χ4v) is 4.42. The van der Waals surface area contributed by atoms with Gasteiger partial charge in [0.05, 0.1) is 11.8 Å². The molecular formula is C16H16Cl2N2O3S. The van der Waals surface area contributed by atoms with Gasteiger partial charge >= 0.3 is 0 Å². The first-order valence-corrected chi connectivity index (χ1v) is 9.41. The second-order valence-electron chi connectivity index (χ2n) is 5.80. The minimum Gasteiger partial charge on any atom is -0.341 e. The lowest BCUT2D eigenvalue weighted by molar-refractivity contribution is -0.131. The molecule has 2 saturated heterocycles. The standard InChI is InChI=1S/C16H16Cl2N2O3S/c17-12-2-1-3-13(18)11(12)4-5-14(21)19-7-6-10(8-19)20-15(22)9-24-16(20)23/h1-3,10H,4-9H2/t10-/m0/s1. The van der Waals surface area contributed by atoms with Gasteiger partial charge in [-0.15, -0.1) is 0 Å². The Morgan fingerprint density at radius 1 is 1.25 bits per heavy atom. The fourth-order valence-electron chi connectivity index (χ4n) is 3.06. The van der Waals surface area contributed by atoms with Crippen molar-refractivity contribution in [3.63, 3.8) is 0 Å². The van der Waals surface area contributed by atoms with Crippen molar-refractivity contribution in [2.75, 3.05) is 18.8 Å². The third-order valence-electron chi connectivity index (χ3n) is 4.32. The molecule has 3 amide bonds. The van der Waals surface area contributed by atoms with Crippen LogP contribution in [0.15, 0.2) is 18.2 Å². The van der Waals surface area contributed by atoms with Gasteiger partial charge in [-0.25, -0.2) is 0 Å². The van der Waals surface area contributed by atoms with Gasteiger partial charge in [-0.1, -0.05) is 41.0 Å². The molecule has 128 valence electrons. The second kappa shape index (κ2) is 7.33. The van der Waals surface area contributed by atoms with Gasteiger partial charge in [0.2, 0.25) is 11.8 Å². The topological polar surface area (TPSA) is 57.7 Å². The lowest BCUT2D eigenvalue weighted by atomic mass is 10.1. The Kier molecular flexibility index (Phi) is 5.37. The molecule has 2 aliphatic rings. The predicted molar refractivity (Wildman–Crippen MR) is 94.5 cm³/mol. The van der Waals surface area contributed by atoms with Gasteiger partial charge in [0.1, 0.15) is 0 Å². The van der Waals surface area contributed by atoms with E-state index in [1.165, 1.54) is 4.90 Å². The first-order valence-electron chi connectivity index (χ1n) is 7.67. The van der Waals surface area contributed by atoms with Gasteiger partial charge in [-0.2, -0.15) is 0 Å². The summed E-state index contributed by atoms with van der Waals surface area (Å²) in [5.41, 5.74) is 0.770. The molecule has 0 unspecified atom stereocenters. The van der Waals surface area contributed by atoms with Gasteiger partial charge in [-0.3, -0.25) is 19.3 Å². The first-order chi connectivity index (χ1) is 11.5. The number of hydrogen-bond acceptors (Lipinski definition) is 4. The van der Waals surface area contributed by atoms with Gasteiger partial charge in [0.15, 0.2) is 0 Å². The molecule has 24 heavy (non-hydrogen) atoms. The average Bonchev–Trinajstić information content (AvgIpc) is 3.13. The number of imide groups is 1. The van der Waals surface area contributed by atoms with Crippen molar-refractivity contribution in [2.45, 2.75) is 25.3 Å². The smallest absolute Gasteiger partial charge is 0.289 e. The molecule has 8 heteroatoms. The zero-order chi connectivity index (χ0) is 17.3. The van der Waals surface area contributed by atoms with E-state index >= 15 is 0 Å². The van der Waals surface area contributed by atoms with Crippen molar-refractivity contribution >= 4 is 52.0 Å². The number of carbonyl (C=O) groups excluding carboxylic acids is 3. The van der Waals surface area contributed by atoms with Crippen LogP contribution in [0.5, 0.6) is 0 Å². The zero-order valence-corrected chi connectivity index (χ0v) is 15.2. The third kappa shape index (κ3) is 3.55. The van der Waals surface area contributed by atoms with Crippen molar-refractivity contribution < 1.29 is 14.4 Å². The highest BCUT2D eigenvalue weighted by molar-refractivity contribution is 8.14. The van der Waals surface area contributed by atoms with Gasteiger partial charge in [0, 0.05) is 29.6 Å². The van der Waals surface area contributed by atoms with E-state index in [1.807, 2.05) is 0 Å². The lowest BCUT2D eigenvalue weighted by Gasteiger charge is -2.22. The predicted octanol–water partition coefficient (Wildman–Crippen LogP) is 3.22. The average molecular weight is 387 g/mol. The molecule has 0 aromatic heterocycles. The lowest BCUT2D eigenvalue weighted by Crippen LogP contribution is -2.41. The number of rotatable bonds is 4. The first kappa shape index (κ1) is 17.6. The van der Waals surface area contributed by atoms with Gasteiger partial charge in [-0.05, 0) is 30.5 Å². The molecule has 3 rings (SSSR count). The van der Waals surface area contributed by atoms with Crippen LogP contribution in [0.25, 0.3) is 0 Å². The van der Waals surface area contributed by atoms with Gasteiger partial charge in [0.25, 0.3) is 5.24 Å². The number of halogens is 2. The van der Waals surface area contributed by atoms with E-state index in [4.69, 9.17) is 23.2 Å². The van der Waals surface area contributed by atoms with E-state index in [-0.39, 0.29) is 28.8 Å². The summed E-state index contributed by atoms with van der Waals surface area (Å²) < 4.78 is 0. The monoisotopic (exact) mass is 386 g/mol. The molecule has 1 atom stereocenters. The maximum absolute atomic E-state index is 12.4. The molecular weight excluding hydrogens is 371 g/mol. The molecule has 5 nitrogen and oxygen atoms in total. The minimum atomic E-state index is -0.206. The van der Waals surface area contributed by atoms with E-state index in [0.717, 1.165) is 17.3 Å². The Labute approximate surface area is 154 Å². The van der Waals surface area contributed by atoms with Crippen molar-refractivity contribution in [1.82, 2.24) is 9.80 Å². The van der Waals surface area contributed by atoms with Crippen LogP contribution in [0.2, 0.25) is 10.0 Å². The molecule has 1 aromatic rings. The highest BCUT2D eigenvalue weighted by Crippen LogP contribution is 2.28. The Bertz CT molecular complexity index is 662. The third-order valence-corrected chi connectivity index (χ3v) is 5.86. The molecule has 2 fully saturated rings. The molecule has 1 aromatic carbocycles. The molecule has 0 saturated carbocycles. The van der Waals surface area contributed by atoms with E-state index in [1.54, 1.807) is 23.1 Å². The van der Waals surface area contributed by atoms with E-state index in [2.05, 4.69) is 0 Å². The van der Waals surface area contributed by atoms with Crippen LogP contribution in [0, 0.1) is 0 Å². The van der Waals surface area contributed by atoms with Crippen LogP contribution in [0.4, 0.5) is 4.79 Å². The number of amides is 3. The number of benzene rings is 1. The van der Waals surface area contributed by atoms with Crippen molar-refractivity contribution in [3.8, 4) is 0 Å². The Hall–Kier alpha value is -1.24. The van der Waals surface area contributed by atoms with Crippen LogP contribution in [-0.2, 0) is 16.0 Å². The SMILES string of the molecule is O=C(CCc1c(Cl)cccc1Cl)N1CC[C@H](N2C(=O)CSC2=O)C1. The van der Waals surface area contributed by atoms with Crippen LogP contribution < -0.4 is 0 Å². The summed E-state index contributed by atoms with van der Waals surface area (Å²) in [6, 6.07) is 5.07. The van der Waals surface area contributed by atoms with E-state index in [0.29, 0.717) is 42.4 Å². The molecule has 0 spiro atoms. The number of likely N-dealkylation sites (tertiary alicyclic amines) is 1. The summed E-state index contributed by atoms with van der Waals surface area (Å²) in [5.74, 6) is 0.0289. The largest absolute Gasteiger partial charge is 0.341 e. The molecule has 0 bridgehead atoms. The summed E-state index contributed by atoms with van der Waals surface area (Å²) in [7, 11) is 0. The van der Waals surface area contributed by atoms with Crippen molar-refractivity contribution in [3.05, 3.63) is 33.8 Å². The summed E-state index contributed by atoms with van der Waals surface area (Å²) >= 11 is 13.3. The Morgan fingerprint density at radius 2 is 1.96 bits per heavy atom. The van der Waals surface area contributed by atoms with Crippen LogP contribution in [0.1, 0.15) is 18.4 Å². The summed E-state index contributed by atoms with van der Waals surface area (Å²) in [5, 5.41) is 0.905. The van der Waals surface area contributed by atoms with Crippen LogP contribution in [-0.4, -0.2) is 51.7 Å². The van der Waals surface area contributed by atoms with Crippen LogP contribution >= 0.6 is 35.0 Å². The highest BCUT2D eigenvalue weighted by atomic mass is 35.5. The van der Waals surface area contributed by atoms with E-state index < -0.39 is 0 Å². The summed E-state index contributed by atoms with van der Waals surface area (Å²) in [4.78, 5) is 39.0. The Morgan fingerprint density at radius 3 is 2.58 bits per heavy atom. The maximum atomic E-state index is 12.4. The number of thioether (sulfide) groups is 1. The second-order valence-corrected chi connectivity index (χ2v) is 7.54. The quantitative estimate of drug-likeness (QED) is 0.796. The zero-order valence-electron chi connectivity index (χ0n) is 12.8. The van der Waals surface area contributed by atoms with Gasteiger partial charge < -0.3 is 4.90 Å². The van der Waals surface area contributed by atoms with Crippen LogP contribution in [0.3, 0.4) is 0 Å². The van der Waals surface area contributed by atoms with E-state index in [9.17, 15) is 14.4 Å². The Balaban J connectivity index is 1.57. The molecule has 2 aliphatic heterocycles. The molecule has 0 N–H and O–H groups in total. The fraction of sp³-hybridized carbons (Fsp3) is 0.438. The molecule has 2 heterocycles. The molecule has 0 aliphatic carbocycles. The molecule has 0 radical (unpaired) electrons. The summed E-state index contributed by atoms with van der Waals surface area (Å²) in [6.07, 6.45) is 1.40. The minimum absolute atomic E-state index is 0.0137. The summed E-state index contributed by atoms with van der Waals surface area (Å²) in [6.45, 7) is 0.967.